The highest BCUT2D eigenvalue weighted by molar-refractivity contribution is 7.11. The molecule has 1 N–H and O–H groups in total. The van der Waals surface area contributed by atoms with E-state index in [0.29, 0.717) is 5.69 Å². The second kappa shape index (κ2) is 5.15. The van der Waals surface area contributed by atoms with E-state index in [9.17, 15) is 0 Å². The lowest BCUT2D eigenvalue weighted by molar-refractivity contribution is 0.889. The zero-order valence-electron chi connectivity index (χ0n) is 10.6. The van der Waals surface area contributed by atoms with Gasteiger partial charge in [-0.05, 0) is 32.9 Å². The first-order valence-corrected chi connectivity index (χ1v) is 6.48. The third kappa shape index (κ3) is 2.66. The van der Waals surface area contributed by atoms with Crippen LogP contribution in [0.1, 0.15) is 34.2 Å². The predicted molar refractivity (Wildman–Crippen MR) is 72.6 cm³/mol. The normalized spacial score (nSPS) is 11.9. The van der Waals surface area contributed by atoms with Crippen molar-refractivity contribution < 1.29 is 0 Å². The van der Waals surface area contributed by atoms with Gasteiger partial charge in [0.05, 0.1) is 16.7 Å². The largest absolute Gasteiger partial charge is 0.378 e. The van der Waals surface area contributed by atoms with Crippen molar-refractivity contribution in [3.05, 3.63) is 39.6 Å². The number of thiazole rings is 1. The number of nitrogens with zero attached hydrogens (tertiary/aromatic N) is 3. The van der Waals surface area contributed by atoms with Crippen LogP contribution in [0.5, 0.6) is 0 Å². The summed E-state index contributed by atoms with van der Waals surface area (Å²) in [5.41, 5.74) is 2.39. The van der Waals surface area contributed by atoms with Crippen LogP contribution in [0.25, 0.3) is 0 Å². The quantitative estimate of drug-likeness (QED) is 0.918. The van der Waals surface area contributed by atoms with Gasteiger partial charge in [0.2, 0.25) is 0 Å². The number of hydrogen-bond donors (Lipinski definition) is 1. The van der Waals surface area contributed by atoms with Gasteiger partial charge in [-0.2, -0.15) is 5.26 Å². The smallest absolute Gasteiger partial charge is 0.142 e. The van der Waals surface area contributed by atoms with E-state index in [1.54, 1.807) is 23.6 Å². The van der Waals surface area contributed by atoms with Gasteiger partial charge in [-0.25, -0.2) is 9.97 Å². The summed E-state index contributed by atoms with van der Waals surface area (Å²) in [6.07, 6.45) is 1.64. The molecule has 18 heavy (non-hydrogen) atoms. The first-order chi connectivity index (χ1) is 8.60. The highest BCUT2D eigenvalue weighted by Crippen LogP contribution is 2.27. The number of pyridine rings is 1. The Balaban J connectivity index is 2.18. The van der Waals surface area contributed by atoms with Gasteiger partial charge in [-0.15, -0.1) is 11.3 Å². The summed E-state index contributed by atoms with van der Waals surface area (Å²) < 4.78 is 0. The van der Waals surface area contributed by atoms with Gasteiger partial charge >= 0.3 is 0 Å². The lowest BCUT2D eigenvalue weighted by Crippen LogP contribution is -2.06. The molecule has 5 heteroatoms. The molecule has 0 amide bonds. The number of nitrogens with one attached hydrogen (secondary N) is 1. The Morgan fingerprint density at radius 3 is 2.83 bits per heavy atom. The Hall–Kier alpha value is -1.93. The van der Waals surface area contributed by atoms with Crippen LogP contribution < -0.4 is 5.32 Å². The molecule has 1 atom stereocenters. The Bertz CT molecular complexity index is 597. The van der Waals surface area contributed by atoms with Crippen LogP contribution in [0, 0.1) is 25.2 Å². The van der Waals surface area contributed by atoms with E-state index in [1.807, 2.05) is 26.0 Å². The van der Waals surface area contributed by atoms with E-state index in [2.05, 4.69) is 22.2 Å². The molecule has 92 valence electrons. The van der Waals surface area contributed by atoms with Crippen LogP contribution >= 0.6 is 11.3 Å². The van der Waals surface area contributed by atoms with E-state index >= 15 is 0 Å². The molecule has 2 aromatic rings. The lowest BCUT2D eigenvalue weighted by atomic mass is 10.2. The van der Waals surface area contributed by atoms with Crippen LogP contribution in [-0.2, 0) is 0 Å². The fourth-order valence-electron chi connectivity index (χ4n) is 1.85. The Morgan fingerprint density at radius 1 is 1.44 bits per heavy atom. The van der Waals surface area contributed by atoms with Crippen molar-refractivity contribution in [3.63, 3.8) is 0 Å². The zero-order valence-corrected chi connectivity index (χ0v) is 11.4. The van der Waals surface area contributed by atoms with Crippen molar-refractivity contribution >= 4 is 17.0 Å². The minimum Gasteiger partial charge on any atom is -0.378 e. The molecule has 0 aliphatic rings. The van der Waals surface area contributed by atoms with Gasteiger partial charge in [-0.1, -0.05) is 0 Å². The number of aromatic nitrogens is 2. The SMILES string of the molecule is Cc1nc(C)c(C(C)Nc2ccnc(C#N)c2)s1. The standard InChI is InChI=1S/C13H14N4S/c1-8-13(18-10(3)16-8)9(2)17-11-4-5-15-12(6-11)7-14/h4-6,9H,1-3H3,(H,15,17). The molecule has 0 bridgehead atoms. The third-order valence-electron chi connectivity index (χ3n) is 2.59. The van der Waals surface area contributed by atoms with Crippen molar-refractivity contribution in [2.24, 2.45) is 0 Å². The summed E-state index contributed by atoms with van der Waals surface area (Å²) in [5, 5.41) is 13.3. The molecule has 4 nitrogen and oxygen atoms in total. The predicted octanol–water partition coefficient (Wildman–Crippen LogP) is 3.20. The number of nitriles is 1. The summed E-state index contributed by atoms with van der Waals surface area (Å²) in [4.78, 5) is 9.59. The molecule has 0 saturated carbocycles. The van der Waals surface area contributed by atoms with Crippen LogP contribution in [-0.4, -0.2) is 9.97 Å². The van der Waals surface area contributed by atoms with Gasteiger partial charge in [0.15, 0.2) is 0 Å². The Morgan fingerprint density at radius 2 is 2.22 bits per heavy atom. The van der Waals surface area contributed by atoms with E-state index in [1.165, 1.54) is 4.88 Å². The van der Waals surface area contributed by atoms with Gasteiger partial charge in [-0.3, -0.25) is 0 Å². The van der Waals surface area contributed by atoms with Crippen LogP contribution in [0.4, 0.5) is 5.69 Å². The average molecular weight is 258 g/mol. The highest BCUT2D eigenvalue weighted by atomic mass is 32.1. The maximum Gasteiger partial charge on any atom is 0.142 e. The number of aryl methyl sites for hydroxylation is 2. The van der Waals surface area contributed by atoms with Gasteiger partial charge < -0.3 is 5.32 Å². The molecule has 0 spiro atoms. The van der Waals surface area contributed by atoms with Crippen molar-refractivity contribution in [2.75, 3.05) is 5.32 Å². The molecule has 2 aromatic heterocycles. The summed E-state index contributed by atoms with van der Waals surface area (Å²) >= 11 is 1.70. The molecule has 0 radical (unpaired) electrons. The average Bonchev–Trinajstić information content (AvgIpc) is 2.69. The minimum atomic E-state index is 0.171. The van der Waals surface area contributed by atoms with E-state index in [4.69, 9.17) is 5.26 Å². The molecule has 0 aliphatic heterocycles. The third-order valence-corrected chi connectivity index (χ3v) is 3.85. The zero-order chi connectivity index (χ0) is 13.1. The monoisotopic (exact) mass is 258 g/mol. The van der Waals surface area contributed by atoms with Crippen molar-refractivity contribution in [1.29, 1.82) is 5.26 Å². The maximum atomic E-state index is 8.81. The Kier molecular flexibility index (Phi) is 3.58. The van der Waals surface area contributed by atoms with E-state index in [0.717, 1.165) is 16.4 Å². The summed E-state index contributed by atoms with van der Waals surface area (Å²) in [5.74, 6) is 0. The molecule has 0 aliphatic carbocycles. The Labute approximate surface area is 110 Å². The molecule has 2 rings (SSSR count). The first kappa shape index (κ1) is 12.5. The minimum absolute atomic E-state index is 0.171. The molecule has 1 unspecified atom stereocenters. The van der Waals surface area contributed by atoms with Gasteiger partial charge in [0.25, 0.3) is 0 Å². The second-order valence-corrected chi connectivity index (χ2v) is 5.32. The summed E-state index contributed by atoms with van der Waals surface area (Å²) in [6.45, 7) is 6.12. The van der Waals surface area contributed by atoms with Crippen molar-refractivity contribution in [2.45, 2.75) is 26.8 Å². The number of anilines is 1. The highest BCUT2D eigenvalue weighted by Gasteiger charge is 2.12. The second-order valence-electron chi connectivity index (χ2n) is 4.09. The van der Waals surface area contributed by atoms with Gasteiger partial charge in [0.1, 0.15) is 11.8 Å². The molecular weight excluding hydrogens is 244 g/mol. The summed E-state index contributed by atoms with van der Waals surface area (Å²) in [7, 11) is 0. The van der Waals surface area contributed by atoms with Crippen LogP contribution in [0.15, 0.2) is 18.3 Å². The molecule has 0 fully saturated rings. The van der Waals surface area contributed by atoms with Gasteiger partial charge in [0, 0.05) is 16.8 Å². The topological polar surface area (TPSA) is 61.6 Å². The van der Waals surface area contributed by atoms with Crippen molar-refractivity contribution in [1.82, 2.24) is 9.97 Å². The molecule has 0 saturated heterocycles. The molecular formula is C13H14N4S. The van der Waals surface area contributed by atoms with E-state index < -0.39 is 0 Å². The fraction of sp³-hybridized carbons (Fsp3) is 0.308. The van der Waals surface area contributed by atoms with Crippen LogP contribution in [0.3, 0.4) is 0 Å². The summed E-state index contributed by atoms with van der Waals surface area (Å²) in [6, 6.07) is 5.82. The van der Waals surface area contributed by atoms with E-state index in [-0.39, 0.29) is 6.04 Å². The number of rotatable bonds is 3. The van der Waals surface area contributed by atoms with Crippen molar-refractivity contribution in [3.8, 4) is 6.07 Å². The maximum absolute atomic E-state index is 8.81. The lowest BCUT2D eigenvalue weighted by Gasteiger charge is -2.14. The fourth-order valence-corrected chi connectivity index (χ4v) is 2.78. The van der Waals surface area contributed by atoms with Crippen LogP contribution in [0.2, 0.25) is 0 Å². The molecule has 0 aromatic carbocycles. The molecule has 2 heterocycles. The first-order valence-electron chi connectivity index (χ1n) is 5.66. The number of hydrogen-bond acceptors (Lipinski definition) is 5.